The fraction of sp³-hybridized carbons (Fsp3) is 0.364. The van der Waals surface area contributed by atoms with Crippen LogP contribution in [0.15, 0.2) is 47.2 Å². The molecule has 0 aromatic heterocycles. The number of fused-ring (bicyclic) bond motifs is 4. The Bertz CT molecular complexity index is 1830. The van der Waals surface area contributed by atoms with E-state index in [-0.39, 0.29) is 53.9 Å². The van der Waals surface area contributed by atoms with Gasteiger partial charge in [-0.25, -0.2) is 0 Å². The highest BCUT2D eigenvalue weighted by atomic mass is 16.3. The van der Waals surface area contributed by atoms with Crippen molar-refractivity contribution in [3.63, 3.8) is 0 Å². The molecule has 1 heterocycles. The zero-order valence-corrected chi connectivity index (χ0v) is 26.2. The summed E-state index contributed by atoms with van der Waals surface area (Å²) in [5, 5.41) is 48.9. The molecule has 0 saturated heterocycles. The van der Waals surface area contributed by atoms with Gasteiger partial charge in [-0.15, -0.1) is 0 Å². The van der Waals surface area contributed by atoms with E-state index in [1.807, 2.05) is 0 Å². The quantitative estimate of drug-likeness (QED) is 0.143. The summed E-state index contributed by atoms with van der Waals surface area (Å²) in [5.74, 6) is -8.28. The second kappa shape index (κ2) is 11.0. The van der Waals surface area contributed by atoms with E-state index < -0.39 is 75.6 Å². The molecule has 1 saturated carbocycles. The van der Waals surface area contributed by atoms with Crippen LogP contribution in [0.4, 0.5) is 5.69 Å². The Hall–Kier alpha value is -5.05. The van der Waals surface area contributed by atoms with Gasteiger partial charge in [-0.3, -0.25) is 33.8 Å². The van der Waals surface area contributed by atoms with E-state index in [1.54, 1.807) is 51.3 Å². The third kappa shape index (κ3) is 4.39. The molecular formula is C33H35N5O9. The van der Waals surface area contributed by atoms with Crippen molar-refractivity contribution in [2.24, 2.45) is 17.6 Å². The summed E-state index contributed by atoms with van der Waals surface area (Å²) in [7, 11) is 6.56. The second-order valence-corrected chi connectivity index (χ2v) is 12.7. The van der Waals surface area contributed by atoms with Gasteiger partial charge in [0, 0.05) is 36.8 Å². The van der Waals surface area contributed by atoms with Gasteiger partial charge in [0.2, 0.25) is 5.78 Å². The van der Waals surface area contributed by atoms with E-state index in [9.17, 15) is 44.4 Å². The summed E-state index contributed by atoms with van der Waals surface area (Å²) < 4.78 is 0. The van der Waals surface area contributed by atoms with Crippen LogP contribution in [0.5, 0.6) is 5.75 Å². The number of phenolic OH excluding ortho intramolecular Hbond substituents is 1. The van der Waals surface area contributed by atoms with Gasteiger partial charge in [0.05, 0.1) is 35.9 Å². The highest BCUT2D eigenvalue weighted by Crippen LogP contribution is 2.54. The van der Waals surface area contributed by atoms with E-state index in [0.29, 0.717) is 11.3 Å². The minimum Gasteiger partial charge on any atom is -0.508 e. The molecule has 3 amide bonds. The van der Waals surface area contributed by atoms with Crippen molar-refractivity contribution < 1.29 is 44.4 Å². The van der Waals surface area contributed by atoms with Gasteiger partial charge in [-0.2, -0.15) is 0 Å². The summed E-state index contributed by atoms with van der Waals surface area (Å²) in [4.78, 5) is 71.2. The maximum absolute atomic E-state index is 14.3. The van der Waals surface area contributed by atoms with E-state index >= 15 is 0 Å². The number of aliphatic hydroxyl groups is 3. The predicted molar refractivity (Wildman–Crippen MR) is 167 cm³/mol. The Morgan fingerprint density at radius 2 is 1.66 bits per heavy atom. The molecule has 246 valence electrons. The molecule has 2 aromatic carbocycles. The van der Waals surface area contributed by atoms with Crippen molar-refractivity contribution >= 4 is 40.7 Å². The zero-order valence-electron chi connectivity index (χ0n) is 26.2. The minimum atomic E-state index is -2.76. The second-order valence-electron chi connectivity index (χ2n) is 12.7. The van der Waals surface area contributed by atoms with Crippen molar-refractivity contribution in [1.29, 1.82) is 0 Å². The lowest BCUT2D eigenvalue weighted by molar-refractivity contribution is -0.153. The first-order chi connectivity index (χ1) is 22.2. The molecule has 14 nitrogen and oxygen atoms in total. The molecule has 4 aliphatic rings. The highest BCUT2D eigenvalue weighted by molar-refractivity contribution is 6.25. The van der Waals surface area contributed by atoms with Crippen LogP contribution in [0.3, 0.4) is 0 Å². The van der Waals surface area contributed by atoms with Crippen molar-refractivity contribution in [1.82, 2.24) is 15.1 Å². The number of benzene rings is 2. The molecule has 47 heavy (non-hydrogen) atoms. The number of phenols is 1. The summed E-state index contributed by atoms with van der Waals surface area (Å²) in [6.45, 7) is -0.722. The van der Waals surface area contributed by atoms with Crippen LogP contribution < -0.4 is 16.0 Å². The fourth-order valence-electron chi connectivity index (χ4n) is 7.58. The summed E-state index contributed by atoms with van der Waals surface area (Å²) >= 11 is 0. The Balaban J connectivity index is 1.50. The van der Waals surface area contributed by atoms with Crippen LogP contribution in [-0.2, 0) is 27.3 Å². The number of anilines is 1. The number of carbonyl (C=O) groups excluding carboxylic acids is 5. The smallest absolute Gasteiger partial charge is 0.261 e. The summed E-state index contributed by atoms with van der Waals surface area (Å²) in [6.07, 6.45) is 0.0523. The van der Waals surface area contributed by atoms with Crippen LogP contribution >= 0.6 is 0 Å². The number of aromatic hydroxyl groups is 1. The number of hydrogen-bond donors (Lipinski definition) is 6. The molecule has 4 atom stereocenters. The van der Waals surface area contributed by atoms with Gasteiger partial charge in [0.15, 0.2) is 11.4 Å². The molecule has 2 aromatic rings. The van der Waals surface area contributed by atoms with Gasteiger partial charge in [0.25, 0.3) is 17.7 Å². The number of carbonyl (C=O) groups is 5. The number of nitrogens with one attached hydrogen (secondary N) is 1. The molecule has 0 unspecified atom stereocenters. The third-order valence-electron chi connectivity index (χ3n) is 9.71. The zero-order chi connectivity index (χ0) is 34.3. The molecule has 0 spiro atoms. The SMILES string of the molecule is CN(C)c1cc(CN2C(=O)c3ccccc3C2=O)c(O)c2c1C[C@H]1C[C@H]3[C@H](N(C)C)C(=O)C(C(=O)NCN)=C(O)[C@@]3(O)C(=O)C1=C2O. The monoisotopic (exact) mass is 645 g/mol. The predicted octanol–water partition coefficient (Wildman–Crippen LogP) is 0.373. The van der Waals surface area contributed by atoms with Crippen molar-refractivity contribution in [3.8, 4) is 5.75 Å². The largest absolute Gasteiger partial charge is 0.508 e. The molecule has 1 fully saturated rings. The number of Topliss-reactive ketones (excluding diaryl/α,β-unsaturated/α-hetero) is 2. The van der Waals surface area contributed by atoms with Crippen LogP contribution in [-0.4, -0.2) is 106 Å². The Labute approximate surface area is 269 Å². The lowest BCUT2D eigenvalue weighted by Crippen LogP contribution is -2.66. The number of hydrogen-bond acceptors (Lipinski definition) is 12. The molecule has 0 bridgehead atoms. The molecular weight excluding hydrogens is 610 g/mol. The number of imide groups is 1. The molecule has 14 heteroatoms. The Morgan fingerprint density at radius 3 is 2.21 bits per heavy atom. The van der Waals surface area contributed by atoms with Crippen LogP contribution in [0.25, 0.3) is 5.76 Å². The first-order valence-electron chi connectivity index (χ1n) is 15.0. The van der Waals surface area contributed by atoms with Crippen LogP contribution in [0, 0.1) is 11.8 Å². The number of likely N-dealkylation sites (N-methyl/N-ethyl adjacent to an activating group) is 1. The third-order valence-corrected chi connectivity index (χ3v) is 9.71. The van der Waals surface area contributed by atoms with Crippen molar-refractivity contribution in [2.75, 3.05) is 39.8 Å². The molecule has 1 aliphatic heterocycles. The lowest BCUT2D eigenvalue weighted by atomic mass is 9.57. The Kier molecular flexibility index (Phi) is 7.49. The molecule has 0 radical (unpaired) electrons. The molecule has 3 aliphatic carbocycles. The van der Waals surface area contributed by atoms with E-state index in [2.05, 4.69) is 5.32 Å². The summed E-state index contributed by atoms with van der Waals surface area (Å²) in [6, 6.07) is 6.76. The molecule has 7 N–H and O–H groups in total. The first-order valence-corrected chi connectivity index (χ1v) is 15.0. The average Bonchev–Trinajstić information content (AvgIpc) is 3.24. The number of ketones is 2. The van der Waals surface area contributed by atoms with E-state index in [0.717, 1.165) is 4.90 Å². The topological polar surface area (TPSA) is 214 Å². The van der Waals surface area contributed by atoms with Crippen LogP contribution in [0.2, 0.25) is 0 Å². The van der Waals surface area contributed by atoms with Gasteiger partial charge in [-0.05, 0) is 56.6 Å². The average molecular weight is 646 g/mol. The maximum Gasteiger partial charge on any atom is 0.261 e. The number of aliphatic hydroxyl groups excluding tert-OH is 2. The fourth-order valence-corrected chi connectivity index (χ4v) is 7.58. The lowest BCUT2D eigenvalue weighted by Gasteiger charge is -2.50. The van der Waals surface area contributed by atoms with Crippen LogP contribution in [0.1, 0.15) is 43.8 Å². The minimum absolute atomic E-state index is 0.0457. The number of amides is 3. The van der Waals surface area contributed by atoms with Gasteiger partial charge in [-0.1, -0.05) is 12.1 Å². The summed E-state index contributed by atoms with van der Waals surface area (Å²) in [5.41, 5.74) is 3.01. The van der Waals surface area contributed by atoms with Gasteiger partial charge >= 0.3 is 0 Å². The number of nitrogens with zero attached hydrogens (tertiary/aromatic N) is 3. The maximum atomic E-state index is 14.3. The number of nitrogens with two attached hydrogens (primary N) is 1. The highest BCUT2D eigenvalue weighted by Gasteiger charge is 2.64. The first kappa shape index (κ1) is 31.9. The van der Waals surface area contributed by atoms with Gasteiger partial charge in [0.1, 0.15) is 22.8 Å². The number of rotatable bonds is 6. The van der Waals surface area contributed by atoms with Crippen molar-refractivity contribution in [3.05, 3.63) is 75.1 Å². The van der Waals surface area contributed by atoms with E-state index in [4.69, 9.17) is 5.73 Å². The van der Waals surface area contributed by atoms with E-state index in [1.165, 1.54) is 17.0 Å². The standard InChI is InChI=1S/C33H35N5O9/c1-36(2)20-11-15(12-38-31(45)16-7-5-6-8-17(16)32(38)46)25(39)22-18(20)9-14-10-19-24(37(3)4)27(41)23(30(44)35-13-34)29(43)33(19,47)28(42)21(14)26(22)40/h5-8,11,14,19,24,39-40,43,47H,9-10,12-13,34H2,1-4H3,(H,35,44)/t14-,19-,24-,33-/m0/s1. The Morgan fingerprint density at radius 1 is 1.04 bits per heavy atom. The van der Waals surface area contributed by atoms with Crippen molar-refractivity contribution in [2.45, 2.75) is 31.0 Å². The molecule has 6 rings (SSSR count). The normalized spacial score (nSPS) is 25.2. The van der Waals surface area contributed by atoms with Gasteiger partial charge < -0.3 is 36.4 Å².